The molecule has 6 heteroatoms. The predicted molar refractivity (Wildman–Crippen MR) is 56.3 cm³/mol. The highest BCUT2D eigenvalue weighted by Gasteiger charge is 2.15. The van der Waals surface area contributed by atoms with Crippen molar-refractivity contribution in [1.29, 1.82) is 0 Å². The molecule has 0 radical (unpaired) electrons. The Labute approximate surface area is 88.9 Å². The summed E-state index contributed by atoms with van der Waals surface area (Å²) in [6.07, 6.45) is 1.36. The molecule has 0 unspecified atom stereocenters. The number of rotatable bonds is 1. The van der Waals surface area contributed by atoms with Gasteiger partial charge in [0.15, 0.2) is 0 Å². The van der Waals surface area contributed by atoms with E-state index in [2.05, 4.69) is 14.1 Å². The fraction of sp³-hybridized carbons (Fsp3) is 0.222. The summed E-state index contributed by atoms with van der Waals surface area (Å²) in [4.78, 5) is 26.6. The molecule has 0 aliphatic heterocycles. The van der Waals surface area contributed by atoms with Gasteiger partial charge < -0.3 is 9.72 Å². The molecule has 2 aromatic rings. The van der Waals surface area contributed by atoms with Crippen LogP contribution in [0, 0.1) is 6.92 Å². The first kappa shape index (κ1) is 9.85. The van der Waals surface area contributed by atoms with Gasteiger partial charge in [-0.25, -0.2) is 4.79 Å². The van der Waals surface area contributed by atoms with Gasteiger partial charge in [-0.2, -0.15) is 4.37 Å². The molecule has 78 valence electrons. The molecule has 15 heavy (non-hydrogen) atoms. The summed E-state index contributed by atoms with van der Waals surface area (Å²) in [5.41, 5.74) is 0.303. The van der Waals surface area contributed by atoms with Gasteiger partial charge in [-0.05, 0) is 18.5 Å². The third kappa shape index (κ3) is 1.42. The summed E-state index contributed by atoms with van der Waals surface area (Å²) in [6, 6.07) is 0. The van der Waals surface area contributed by atoms with Crippen LogP contribution >= 0.6 is 11.5 Å². The van der Waals surface area contributed by atoms with E-state index in [-0.39, 0.29) is 11.0 Å². The molecule has 0 saturated carbocycles. The smallest absolute Gasteiger partial charge is 0.343 e. The van der Waals surface area contributed by atoms with Crippen molar-refractivity contribution in [3.63, 3.8) is 0 Å². The minimum Gasteiger partial charge on any atom is -0.465 e. The number of aryl methyl sites for hydroxylation is 1. The first-order chi connectivity index (χ1) is 7.15. The van der Waals surface area contributed by atoms with E-state index in [4.69, 9.17) is 0 Å². The van der Waals surface area contributed by atoms with E-state index in [1.165, 1.54) is 24.8 Å². The van der Waals surface area contributed by atoms with Crippen LogP contribution in [0.25, 0.3) is 10.2 Å². The monoisotopic (exact) mass is 224 g/mol. The molecule has 2 aromatic heterocycles. The number of carbonyl (C=O) groups excluding carboxylic acids is 1. The number of pyridine rings is 1. The standard InChI is InChI=1S/C9H8N2O3S/c1-4-6-7(12)5(9(13)14-2)3-10-8(6)15-11-4/h3H,1-2H3,(H,10,12). The fourth-order valence-corrected chi connectivity index (χ4v) is 2.10. The SMILES string of the molecule is COC(=O)c1c[nH]c2snc(C)c2c1=O. The molecular weight excluding hydrogens is 216 g/mol. The highest BCUT2D eigenvalue weighted by Crippen LogP contribution is 2.16. The minimum atomic E-state index is -0.635. The Morgan fingerprint density at radius 2 is 2.33 bits per heavy atom. The van der Waals surface area contributed by atoms with E-state index in [0.29, 0.717) is 15.9 Å². The highest BCUT2D eigenvalue weighted by atomic mass is 32.1. The van der Waals surface area contributed by atoms with Gasteiger partial charge in [-0.1, -0.05) is 0 Å². The van der Waals surface area contributed by atoms with Crippen molar-refractivity contribution >= 4 is 27.7 Å². The fourth-order valence-electron chi connectivity index (χ4n) is 1.34. The van der Waals surface area contributed by atoms with Gasteiger partial charge in [0.05, 0.1) is 18.2 Å². The molecule has 0 aromatic carbocycles. The Morgan fingerprint density at radius 3 is 3.00 bits per heavy atom. The minimum absolute atomic E-state index is 0.00769. The number of nitrogens with one attached hydrogen (secondary N) is 1. The first-order valence-corrected chi connectivity index (χ1v) is 4.98. The number of hydrogen-bond donors (Lipinski definition) is 1. The Hall–Kier alpha value is -1.69. The van der Waals surface area contributed by atoms with Crippen molar-refractivity contribution in [3.05, 3.63) is 27.7 Å². The molecule has 2 rings (SSSR count). The van der Waals surface area contributed by atoms with Gasteiger partial charge in [0, 0.05) is 6.20 Å². The lowest BCUT2D eigenvalue weighted by Crippen LogP contribution is -2.16. The van der Waals surface area contributed by atoms with Crippen molar-refractivity contribution in [2.24, 2.45) is 0 Å². The molecule has 1 N–H and O–H groups in total. The van der Waals surface area contributed by atoms with E-state index in [1.54, 1.807) is 6.92 Å². The molecule has 0 spiro atoms. The Kier molecular flexibility index (Phi) is 2.28. The number of carbonyl (C=O) groups is 1. The molecule has 5 nitrogen and oxygen atoms in total. The Balaban J connectivity index is 2.80. The van der Waals surface area contributed by atoms with E-state index in [1.807, 2.05) is 0 Å². The molecule has 0 aliphatic carbocycles. The second-order valence-electron chi connectivity index (χ2n) is 3.00. The van der Waals surface area contributed by atoms with Crippen molar-refractivity contribution in [1.82, 2.24) is 9.36 Å². The van der Waals surface area contributed by atoms with Crippen LogP contribution in [-0.2, 0) is 4.74 Å². The van der Waals surface area contributed by atoms with Crippen molar-refractivity contribution in [2.75, 3.05) is 7.11 Å². The van der Waals surface area contributed by atoms with Gasteiger partial charge in [0.25, 0.3) is 0 Å². The zero-order valence-corrected chi connectivity index (χ0v) is 8.97. The zero-order chi connectivity index (χ0) is 11.0. The summed E-state index contributed by atoms with van der Waals surface area (Å²) in [7, 11) is 1.24. The molecule has 0 aliphatic rings. The van der Waals surface area contributed by atoms with Crippen LogP contribution in [0.5, 0.6) is 0 Å². The average Bonchev–Trinajstić information content (AvgIpc) is 2.61. The predicted octanol–water partition coefficient (Wildman–Crippen LogP) is 1.08. The van der Waals surface area contributed by atoms with E-state index < -0.39 is 5.97 Å². The van der Waals surface area contributed by atoms with Crippen LogP contribution in [-0.4, -0.2) is 22.4 Å². The lowest BCUT2D eigenvalue weighted by molar-refractivity contribution is 0.0599. The van der Waals surface area contributed by atoms with Crippen LogP contribution < -0.4 is 5.43 Å². The summed E-state index contributed by atoms with van der Waals surface area (Å²) in [5.74, 6) is -0.635. The zero-order valence-electron chi connectivity index (χ0n) is 8.16. The maximum absolute atomic E-state index is 11.9. The van der Waals surface area contributed by atoms with E-state index in [9.17, 15) is 9.59 Å². The van der Waals surface area contributed by atoms with Crippen LogP contribution in [0.1, 0.15) is 16.1 Å². The van der Waals surface area contributed by atoms with Gasteiger partial charge in [-0.15, -0.1) is 0 Å². The number of aromatic amines is 1. The molecule has 0 bridgehead atoms. The van der Waals surface area contributed by atoms with Crippen molar-refractivity contribution in [3.8, 4) is 0 Å². The van der Waals surface area contributed by atoms with Crippen molar-refractivity contribution in [2.45, 2.75) is 6.92 Å². The highest BCUT2D eigenvalue weighted by molar-refractivity contribution is 7.12. The number of esters is 1. The van der Waals surface area contributed by atoms with Gasteiger partial charge >= 0.3 is 5.97 Å². The summed E-state index contributed by atoms with van der Waals surface area (Å²) < 4.78 is 8.55. The second kappa shape index (κ2) is 3.47. The third-order valence-corrected chi connectivity index (χ3v) is 2.96. The largest absolute Gasteiger partial charge is 0.465 e. The number of aromatic nitrogens is 2. The summed E-state index contributed by atoms with van der Waals surface area (Å²) in [5, 5.41) is 0.461. The summed E-state index contributed by atoms with van der Waals surface area (Å²) >= 11 is 1.20. The second-order valence-corrected chi connectivity index (χ2v) is 3.77. The van der Waals surface area contributed by atoms with Gasteiger partial charge in [0.2, 0.25) is 5.43 Å². The molecular formula is C9H8N2O3S. The number of hydrogen-bond acceptors (Lipinski definition) is 5. The normalized spacial score (nSPS) is 10.5. The number of ether oxygens (including phenoxy) is 1. The molecule has 0 amide bonds. The van der Waals surface area contributed by atoms with Gasteiger partial charge in [0.1, 0.15) is 10.4 Å². The number of H-pyrrole nitrogens is 1. The Bertz CT molecular complexity index is 585. The third-order valence-electron chi connectivity index (χ3n) is 2.09. The van der Waals surface area contributed by atoms with Crippen LogP contribution in [0.2, 0.25) is 0 Å². The lowest BCUT2D eigenvalue weighted by Gasteiger charge is -1.97. The maximum Gasteiger partial charge on any atom is 0.343 e. The molecule has 2 heterocycles. The lowest BCUT2D eigenvalue weighted by atomic mass is 10.2. The number of fused-ring (bicyclic) bond motifs is 1. The average molecular weight is 224 g/mol. The van der Waals surface area contributed by atoms with E-state index >= 15 is 0 Å². The van der Waals surface area contributed by atoms with Crippen LogP contribution in [0.3, 0.4) is 0 Å². The van der Waals surface area contributed by atoms with Crippen LogP contribution in [0.15, 0.2) is 11.0 Å². The van der Waals surface area contributed by atoms with Crippen molar-refractivity contribution < 1.29 is 9.53 Å². The first-order valence-electron chi connectivity index (χ1n) is 4.21. The Morgan fingerprint density at radius 1 is 1.60 bits per heavy atom. The van der Waals surface area contributed by atoms with E-state index in [0.717, 1.165) is 0 Å². The topological polar surface area (TPSA) is 72.1 Å². The maximum atomic E-state index is 11.9. The number of nitrogens with zero attached hydrogens (tertiary/aromatic N) is 1. The molecule has 0 atom stereocenters. The van der Waals surface area contributed by atoms with Crippen LogP contribution in [0.4, 0.5) is 0 Å². The molecule has 0 saturated heterocycles. The quantitative estimate of drug-likeness (QED) is 0.736. The molecule has 0 fully saturated rings. The number of methoxy groups -OCH3 is 1. The summed E-state index contributed by atoms with van der Waals surface area (Å²) in [6.45, 7) is 1.73. The van der Waals surface area contributed by atoms with Gasteiger partial charge in [-0.3, -0.25) is 4.79 Å².